The number of aromatic nitrogens is 4. The smallest absolute Gasteiger partial charge is 0.226 e. The molecule has 0 radical (unpaired) electrons. The highest BCUT2D eigenvalue weighted by Gasteiger charge is 2.22. The van der Waals surface area contributed by atoms with Gasteiger partial charge in [-0.3, -0.25) is 14.2 Å². The summed E-state index contributed by atoms with van der Waals surface area (Å²) in [6.45, 7) is 1.45. The minimum absolute atomic E-state index is 0.0494. The van der Waals surface area contributed by atoms with Crippen molar-refractivity contribution in [2.75, 3.05) is 5.32 Å². The second kappa shape index (κ2) is 6.28. The number of hydrogen-bond acceptors (Lipinski definition) is 3. The average Bonchev–Trinajstić information content (AvgIpc) is 3.12. The maximum atomic E-state index is 12.1. The maximum Gasteiger partial charge on any atom is 0.226 e. The van der Waals surface area contributed by atoms with Crippen molar-refractivity contribution in [2.24, 2.45) is 5.92 Å². The fraction of sp³-hybridized carbons (Fsp3) is 0.353. The number of halogens is 1. The zero-order chi connectivity index (χ0) is 16.5. The minimum Gasteiger partial charge on any atom is -0.323 e. The lowest BCUT2D eigenvalue weighted by atomic mass is 10.2. The third-order valence-electron chi connectivity index (χ3n) is 4.22. The molecule has 0 unspecified atom stereocenters. The molecule has 24 heavy (non-hydrogen) atoms. The first-order valence-corrected chi connectivity index (χ1v) is 8.48. The topological polar surface area (TPSA) is 64.7 Å². The molecule has 1 amide bonds. The highest BCUT2D eigenvalue weighted by Crippen LogP contribution is 2.30. The predicted octanol–water partition coefficient (Wildman–Crippen LogP) is 3.33. The highest BCUT2D eigenvalue weighted by molar-refractivity contribution is 6.31. The van der Waals surface area contributed by atoms with Gasteiger partial charge in [0.1, 0.15) is 0 Å². The van der Waals surface area contributed by atoms with Crippen molar-refractivity contribution in [3.05, 3.63) is 41.8 Å². The molecule has 1 N–H and O–H groups in total. The van der Waals surface area contributed by atoms with E-state index in [2.05, 4.69) is 15.5 Å². The van der Waals surface area contributed by atoms with Gasteiger partial charge in [-0.2, -0.15) is 10.2 Å². The van der Waals surface area contributed by atoms with Crippen molar-refractivity contribution in [3.8, 4) is 0 Å². The summed E-state index contributed by atoms with van der Waals surface area (Å²) < 4.78 is 3.70. The molecule has 0 bridgehead atoms. The third kappa shape index (κ3) is 3.43. The number of anilines is 1. The van der Waals surface area contributed by atoms with Crippen LogP contribution in [-0.2, 0) is 17.9 Å². The lowest BCUT2D eigenvalue weighted by Crippen LogP contribution is -2.14. The Morgan fingerprint density at radius 1 is 1.29 bits per heavy atom. The quantitative estimate of drug-likeness (QED) is 0.746. The Hall–Kier alpha value is -2.34. The van der Waals surface area contributed by atoms with E-state index in [1.54, 1.807) is 17.1 Å². The Bertz CT molecular complexity index is 880. The molecule has 1 fully saturated rings. The molecule has 0 aliphatic heterocycles. The van der Waals surface area contributed by atoms with E-state index in [0.29, 0.717) is 18.0 Å². The van der Waals surface area contributed by atoms with Crippen molar-refractivity contribution in [2.45, 2.75) is 32.4 Å². The molecule has 1 aliphatic rings. The van der Waals surface area contributed by atoms with Crippen molar-refractivity contribution >= 4 is 34.1 Å². The van der Waals surface area contributed by atoms with Gasteiger partial charge in [0.05, 0.1) is 30.1 Å². The molecule has 1 aromatic carbocycles. The molecule has 3 aromatic rings. The Morgan fingerprint density at radius 2 is 2.17 bits per heavy atom. The van der Waals surface area contributed by atoms with E-state index >= 15 is 0 Å². The van der Waals surface area contributed by atoms with Gasteiger partial charge in [0.2, 0.25) is 5.91 Å². The average molecular weight is 344 g/mol. The van der Waals surface area contributed by atoms with Crippen LogP contribution in [0.5, 0.6) is 0 Å². The molecule has 6 nitrogen and oxygen atoms in total. The van der Waals surface area contributed by atoms with Gasteiger partial charge in [-0.1, -0.05) is 11.6 Å². The van der Waals surface area contributed by atoms with Crippen LogP contribution in [0.15, 0.2) is 36.8 Å². The van der Waals surface area contributed by atoms with E-state index < -0.39 is 0 Å². The van der Waals surface area contributed by atoms with Crippen LogP contribution in [0.1, 0.15) is 19.3 Å². The number of rotatable bonds is 6. The van der Waals surface area contributed by atoms with Crippen molar-refractivity contribution < 1.29 is 4.79 Å². The fourth-order valence-corrected chi connectivity index (χ4v) is 2.91. The zero-order valence-electron chi connectivity index (χ0n) is 13.2. The number of hydrogen-bond donors (Lipinski definition) is 1. The van der Waals surface area contributed by atoms with Crippen LogP contribution in [0.3, 0.4) is 0 Å². The van der Waals surface area contributed by atoms with Gasteiger partial charge in [-0.15, -0.1) is 0 Å². The molecule has 1 aliphatic carbocycles. The fourth-order valence-electron chi connectivity index (χ4n) is 2.75. The van der Waals surface area contributed by atoms with Gasteiger partial charge < -0.3 is 5.32 Å². The van der Waals surface area contributed by atoms with Crippen LogP contribution in [0.4, 0.5) is 5.69 Å². The molecular formula is C17H18ClN5O. The zero-order valence-corrected chi connectivity index (χ0v) is 13.9. The molecule has 0 atom stereocenters. The molecular weight excluding hydrogens is 326 g/mol. The summed E-state index contributed by atoms with van der Waals surface area (Å²) in [6, 6.07) is 5.63. The number of aryl methyl sites for hydroxylation is 1. The van der Waals surface area contributed by atoms with Crippen molar-refractivity contribution in [1.82, 2.24) is 19.6 Å². The first-order chi connectivity index (χ1) is 11.7. The summed E-state index contributed by atoms with van der Waals surface area (Å²) in [5.41, 5.74) is 1.68. The first kappa shape index (κ1) is 15.2. The normalized spacial score (nSPS) is 14.2. The van der Waals surface area contributed by atoms with Crippen LogP contribution >= 0.6 is 11.6 Å². The van der Waals surface area contributed by atoms with Gasteiger partial charge in [-0.25, -0.2) is 0 Å². The molecule has 0 spiro atoms. The third-order valence-corrected chi connectivity index (χ3v) is 4.45. The Morgan fingerprint density at radius 3 is 3.00 bits per heavy atom. The van der Waals surface area contributed by atoms with Crippen LogP contribution in [-0.4, -0.2) is 25.5 Å². The molecule has 0 saturated heterocycles. The minimum atomic E-state index is -0.0494. The van der Waals surface area contributed by atoms with Crippen molar-refractivity contribution in [1.29, 1.82) is 0 Å². The Labute approximate surface area is 144 Å². The molecule has 124 valence electrons. The van der Waals surface area contributed by atoms with E-state index in [-0.39, 0.29) is 5.91 Å². The monoisotopic (exact) mass is 343 g/mol. The number of nitrogens with zero attached hydrogens (tertiary/aromatic N) is 4. The maximum absolute atomic E-state index is 12.1. The molecule has 1 saturated carbocycles. The van der Waals surface area contributed by atoms with E-state index in [9.17, 15) is 4.79 Å². The van der Waals surface area contributed by atoms with Crippen LogP contribution < -0.4 is 5.32 Å². The number of amides is 1. The number of carbonyl (C=O) groups excluding carboxylic acids is 1. The molecule has 4 rings (SSSR count). The molecule has 7 heteroatoms. The van der Waals surface area contributed by atoms with Crippen LogP contribution in [0.2, 0.25) is 5.02 Å². The Kier molecular flexibility index (Phi) is 3.98. The Balaban J connectivity index is 1.35. The largest absolute Gasteiger partial charge is 0.323 e. The van der Waals surface area contributed by atoms with Gasteiger partial charge in [-0.05, 0) is 37.0 Å². The van der Waals surface area contributed by atoms with E-state index in [0.717, 1.165) is 29.1 Å². The standard InChI is InChI=1S/C17H18ClN5O/c18-14-4-3-13-8-20-23(16(13)7-14)6-5-17(24)21-15-9-19-22(11-15)10-12-1-2-12/h3-4,7-9,11-12H,1-2,5-6,10H2,(H,21,24). The van der Waals surface area contributed by atoms with Crippen LogP contribution in [0, 0.1) is 5.92 Å². The second-order valence-corrected chi connectivity index (χ2v) is 6.70. The summed E-state index contributed by atoms with van der Waals surface area (Å²) in [4.78, 5) is 12.1. The highest BCUT2D eigenvalue weighted by atomic mass is 35.5. The summed E-state index contributed by atoms with van der Waals surface area (Å²) >= 11 is 6.03. The van der Waals surface area contributed by atoms with Gasteiger partial charge in [0.15, 0.2) is 0 Å². The SMILES string of the molecule is O=C(CCn1ncc2ccc(Cl)cc21)Nc1cnn(CC2CC2)c1. The molecule has 2 aromatic heterocycles. The lowest BCUT2D eigenvalue weighted by molar-refractivity contribution is -0.116. The summed E-state index contributed by atoms with van der Waals surface area (Å²) in [6.07, 6.45) is 8.28. The number of carbonyl (C=O) groups is 1. The number of benzene rings is 1. The van der Waals surface area contributed by atoms with Crippen LogP contribution in [0.25, 0.3) is 10.9 Å². The first-order valence-electron chi connectivity index (χ1n) is 8.11. The van der Waals surface area contributed by atoms with Gasteiger partial charge in [0, 0.05) is 29.6 Å². The van der Waals surface area contributed by atoms with E-state index in [1.165, 1.54) is 12.8 Å². The van der Waals surface area contributed by atoms with Gasteiger partial charge >= 0.3 is 0 Å². The summed E-state index contributed by atoms with van der Waals surface area (Å²) in [5, 5.41) is 13.2. The lowest BCUT2D eigenvalue weighted by Gasteiger charge is -2.05. The number of fused-ring (bicyclic) bond motifs is 1. The second-order valence-electron chi connectivity index (χ2n) is 6.26. The number of nitrogens with one attached hydrogen (secondary N) is 1. The van der Waals surface area contributed by atoms with Gasteiger partial charge in [0.25, 0.3) is 0 Å². The van der Waals surface area contributed by atoms with E-state index in [4.69, 9.17) is 11.6 Å². The predicted molar refractivity (Wildman–Crippen MR) is 92.9 cm³/mol. The summed E-state index contributed by atoms with van der Waals surface area (Å²) in [7, 11) is 0. The van der Waals surface area contributed by atoms with E-state index in [1.807, 2.05) is 29.1 Å². The molecule has 2 heterocycles. The van der Waals surface area contributed by atoms with Crippen molar-refractivity contribution in [3.63, 3.8) is 0 Å². The summed E-state index contributed by atoms with van der Waals surface area (Å²) in [5.74, 6) is 0.708.